The highest BCUT2D eigenvalue weighted by atomic mass is 15.0. The molecule has 1 heterocycles. The molecule has 1 aromatic carbocycles. The lowest BCUT2D eigenvalue weighted by molar-refractivity contribution is 0.498. The summed E-state index contributed by atoms with van der Waals surface area (Å²) < 4.78 is 2.29. The van der Waals surface area contributed by atoms with Crippen LogP contribution in [0.5, 0.6) is 0 Å². The summed E-state index contributed by atoms with van der Waals surface area (Å²) in [6, 6.07) is 8.64. The first-order valence-electron chi connectivity index (χ1n) is 7.56. The number of rotatable bonds is 3. The molecular weight excluding hydrogens is 258 g/mol. The molecule has 1 aromatic heterocycles. The molecule has 2 aromatic rings. The van der Waals surface area contributed by atoms with Crippen molar-refractivity contribution >= 4 is 0 Å². The first-order chi connectivity index (χ1) is 10.2. The van der Waals surface area contributed by atoms with Gasteiger partial charge in [0.15, 0.2) is 0 Å². The highest BCUT2D eigenvalue weighted by molar-refractivity contribution is 5.38. The normalized spacial score (nSPS) is 17.3. The highest BCUT2D eigenvalue weighted by Gasteiger charge is 2.20. The van der Waals surface area contributed by atoms with Gasteiger partial charge in [0.25, 0.3) is 0 Å². The summed E-state index contributed by atoms with van der Waals surface area (Å²) >= 11 is 0. The molecule has 0 aliphatic heterocycles. The second-order valence-electron chi connectivity index (χ2n) is 5.90. The Hall–Kier alpha value is -2.05. The van der Waals surface area contributed by atoms with Gasteiger partial charge in [0.2, 0.25) is 0 Å². The number of hydrogen-bond acceptors (Lipinski definition) is 2. The number of benzene rings is 1. The Labute approximate surface area is 126 Å². The fraction of sp³-hybridized carbons (Fsp3) is 0.389. The maximum Gasteiger partial charge on any atom is 0.0991 e. The van der Waals surface area contributed by atoms with Gasteiger partial charge in [0.05, 0.1) is 11.6 Å². The average molecular weight is 279 g/mol. The zero-order chi connectivity index (χ0) is 14.8. The van der Waals surface area contributed by atoms with Crippen molar-refractivity contribution < 1.29 is 0 Å². The molecule has 3 heteroatoms. The van der Waals surface area contributed by atoms with Crippen LogP contribution < -0.4 is 5.32 Å². The monoisotopic (exact) mass is 279 g/mol. The molecule has 1 atom stereocenters. The molecule has 0 bridgehead atoms. The van der Waals surface area contributed by atoms with Crippen LogP contribution in [-0.4, -0.2) is 11.6 Å². The van der Waals surface area contributed by atoms with Crippen molar-refractivity contribution in [1.29, 1.82) is 5.26 Å². The van der Waals surface area contributed by atoms with E-state index < -0.39 is 0 Å². The van der Waals surface area contributed by atoms with Crippen molar-refractivity contribution in [1.82, 2.24) is 9.88 Å². The minimum Gasteiger partial charge on any atom is -0.349 e. The largest absolute Gasteiger partial charge is 0.349 e. The van der Waals surface area contributed by atoms with Gasteiger partial charge in [-0.1, -0.05) is 6.07 Å². The van der Waals surface area contributed by atoms with E-state index in [-0.39, 0.29) is 0 Å². The minimum absolute atomic E-state index is 0.497. The van der Waals surface area contributed by atoms with Gasteiger partial charge in [0.1, 0.15) is 0 Å². The van der Waals surface area contributed by atoms with E-state index in [9.17, 15) is 0 Å². The predicted octanol–water partition coefficient (Wildman–Crippen LogP) is 3.31. The standard InChI is InChI=1S/C18H21N3/c1-13-8-14(9-19)6-7-15(13)10-21-11-16-4-3-5-18(20-2)17(16)12-21/h6-8,11-12,18,20H,3-5,10H2,1-2H3. The molecule has 0 fully saturated rings. The van der Waals surface area contributed by atoms with E-state index in [1.165, 1.54) is 41.5 Å². The number of hydrogen-bond donors (Lipinski definition) is 1. The van der Waals surface area contributed by atoms with Gasteiger partial charge in [-0.25, -0.2) is 0 Å². The van der Waals surface area contributed by atoms with E-state index in [2.05, 4.69) is 41.3 Å². The topological polar surface area (TPSA) is 40.8 Å². The Balaban J connectivity index is 1.86. The number of fused-ring (bicyclic) bond motifs is 1. The number of nitrogens with one attached hydrogen (secondary N) is 1. The predicted molar refractivity (Wildman–Crippen MR) is 84.2 cm³/mol. The van der Waals surface area contributed by atoms with Crippen LogP contribution in [0.15, 0.2) is 30.6 Å². The van der Waals surface area contributed by atoms with Gasteiger partial charge in [-0.15, -0.1) is 0 Å². The van der Waals surface area contributed by atoms with Gasteiger partial charge in [-0.3, -0.25) is 0 Å². The highest BCUT2D eigenvalue weighted by Crippen LogP contribution is 2.30. The molecule has 1 aliphatic carbocycles. The maximum absolute atomic E-state index is 8.95. The molecular formula is C18H21N3. The second kappa shape index (κ2) is 5.75. The summed E-state index contributed by atoms with van der Waals surface area (Å²) in [6.07, 6.45) is 8.25. The summed E-state index contributed by atoms with van der Waals surface area (Å²) in [5.74, 6) is 0. The molecule has 3 rings (SSSR count). The van der Waals surface area contributed by atoms with E-state index in [1.54, 1.807) is 0 Å². The first-order valence-corrected chi connectivity index (χ1v) is 7.56. The molecule has 0 radical (unpaired) electrons. The molecule has 108 valence electrons. The van der Waals surface area contributed by atoms with Crippen molar-refractivity contribution in [3.63, 3.8) is 0 Å². The molecule has 0 saturated carbocycles. The van der Waals surface area contributed by atoms with Crippen molar-refractivity contribution in [2.75, 3.05) is 7.05 Å². The Bertz CT molecular complexity index is 691. The third-order valence-corrected chi connectivity index (χ3v) is 4.48. The van der Waals surface area contributed by atoms with Crippen molar-refractivity contribution in [3.8, 4) is 6.07 Å². The third kappa shape index (κ3) is 2.72. The molecule has 1 aliphatic rings. The lowest BCUT2D eigenvalue weighted by Crippen LogP contribution is -2.20. The quantitative estimate of drug-likeness (QED) is 0.936. The van der Waals surface area contributed by atoms with Gasteiger partial charge in [-0.2, -0.15) is 5.26 Å². The van der Waals surface area contributed by atoms with Crippen molar-refractivity contribution in [3.05, 3.63) is 58.4 Å². The van der Waals surface area contributed by atoms with Gasteiger partial charge >= 0.3 is 0 Å². The molecule has 1 N–H and O–H groups in total. The number of aryl methyl sites for hydroxylation is 2. The summed E-state index contributed by atoms with van der Waals surface area (Å²) in [4.78, 5) is 0. The number of nitrogens with zero attached hydrogens (tertiary/aromatic N) is 2. The van der Waals surface area contributed by atoms with E-state index >= 15 is 0 Å². The molecule has 0 spiro atoms. The van der Waals surface area contributed by atoms with Crippen LogP contribution >= 0.6 is 0 Å². The van der Waals surface area contributed by atoms with Crippen LogP contribution in [-0.2, 0) is 13.0 Å². The SMILES string of the molecule is CNC1CCCc2cn(Cc3ccc(C#N)cc3C)cc21. The van der Waals surface area contributed by atoms with Crippen molar-refractivity contribution in [2.24, 2.45) is 0 Å². The summed E-state index contributed by atoms with van der Waals surface area (Å²) in [7, 11) is 2.04. The Morgan fingerprint density at radius 2 is 2.24 bits per heavy atom. The zero-order valence-corrected chi connectivity index (χ0v) is 12.7. The van der Waals surface area contributed by atoms with Crippen LogP contribution in [0.25, 0.3) is 0 Å². The maximum atomic E-state index is 8.95. The van der Waals surface area contributed by atoms with Gasteiger partial charge in [-0.05, 0) is 67.6 Å². The fourth-order valence-corrected chi connectivity index (χ4v) is 3.28. The minimum atomic E-state index is 0.497. The Kier molecular flexibility index (Phi) is 3.81. The smallest absolute Gasteiger partial charge is 0.0991 e. The third-order valence-electron chi connectivity index (χ3n) is 4.48. The summed E-state index contributed by atoms with van der Waals surface area (Å²) in [6.45, 7) is 2.96. The van der Waals surface area contributed by atoms with Crippen LogP contribution in [0.1, 0.15) is 46.7 Å². The fourth-order valence-electron chi connectivity index (χ4n) is 3.28. The van der Waals surface area contributed by atoms with Crippen molar-refractivity contribution in [2.45, 2.75) is 38.8 Å². The Morgan fingerprint density at radius 3 is 2.95 bits per heavy atom. The second-order valence-corrected chi connectivity index (χ2v) is 5.90. The summed E-state index contributed by atoms with van der Waals surface area (Å²) in [5.41, 5.74) is 6.13. The van der Waals surface area contributed by atoms with E-state index in [4.69, 9.17) is 5.26 Å². The lowest BCUT2D eigenvalue weighted by Gasteiger charge is -2.21. The van der Waals surface area contributed by atoms with Crippen LogP contribution in [0.2, 0.25) is 0 Å². The van der Waals surface area contributed by atoms with Crippen LogP contribution in [0.3, 0.4) is 0 Å². The van der Waals surface area contributed by atoms with Gasteiger partial charge < -0.3 is 9.88 Å². The van der Waals surface area contributed by atoms with E-state index in [1.807, 2.05) is 19.2 Å². The zero-order valence-electron chi connectivity index (χ0n) is 12.7. The molecule has 0 amide bonds. The first kappa shape index (κ1) is 13.9. The molecule has 1 unspecified atom stereocenters. The summed E-state index contributed by atoms with van der Waals surface area (Å²) in [5, 5.41) is 12.4. The number of aromatic nitrogens is 1. The Morgan fingerprint density at radius 1 is 1.38 bits per heavy atom. The molecule has 21 heavy (non-hydrogen) atoms. The molecule has 3 nitrogen and oxygen atoms in total. The van der Waals surface area contributed by atoms with E-state index in [0.717, 1.165) is 12.1 Å². The van der Waals surface area contributed by atoms with Gasteiger partial charge in [0, 0.05) is 25.0 Å². The number of nitriles is 1. The van der Waals surface area contributed by atoms with Crippen LogP contribution in [0, 0.1) is 18.3 Å². The lowest BCUT2D eigenvalue weighted by atomic mass is 9.91. The average Bonchev–Trinajstić information content (AvgIpc) is 2.91. The molecule has 0 saturated heterocycles. The van der Waals surface area contributed by atoms with Crippen LogP contribution in [0.4, 0.5) is 0 Å². The van der Waals surface area contributed by atoms with E-state index in [0.29, 0.717) is 6.04 Å².